The van der Waals surface area contributed by atoms with Gasteiger partial charge in [0.1, 0.15) is 5.69 Å². The number of hydrogen-bond acceptors (Lipinski definition) is 4. The Morgan fingerprint density at radius 3 is 2.79 bits per heavy atom. The van der Waals surface area contributed by atoms with E-state index < -0.39 is 0 Å². The van der Waals surface area contributed by atoms with Crippen LogP contribution in [0.25, 0.3) is 0 Å². The molecule has 1 aromatic heterocycles. The van der Waals surface area contributed by atoms with E-state index in [1.807, 2.05) is 6.92 Å². The first-order chi connectivity index (χ1) is 6.57. The van der Waals surface area contributed by atoms with Crippen LogP contribution < -0.4 is 5.73 Å². The number of ketones is 1. The van der Waals surface area contributed by atoms with Crippen LogP contribution in [0.15, 0.2) is 4.60 Å². The van der Waals surface area contributed by atoms with Crippen molar-refractivity contribution < 1.29 is 4.79 Å². The number of Topliss-reactive ketones (excluding diaryl/α,β-unsaturated/α-hetero) is 1. The van der Waals surface area contributed by atoms with Gasteiger partial charge < -0.3 is 5.73 Å². The highest BCUT2D eigenvalue weighted by atomic mass is 79.9. The van der Waals surface area contributed by atoms with Gasteiger partial charge in [0, 0.05) is 13.0 Å². The van der Waals surface area contributed by atoms with Crippen molar-refractivity contribution in [1.29, 1.82) is 0 Å². The summed E-state index contributed by atoms with van der Waals surface area (Å²) in [6.07, 6.45) is 0.677. The fraction of sp³-hybridized carbons (Fsp3) is 0.625. The monoisotopic (exact) mass is 260 g/mol. The Kier molecular flexibility index (Phi) is 3.77. The van der Waals surface area contributed by atoms with Crippen LogP contribution in [0.4, 0.5) is 0 Å². The molecule has 1 unspecified atom stereocenters. The molecule has 0 aromatic carbocycles. The van der Waals surface area contributed by atoms with Gasteiger partial charge in [-0.15, -0.1) is 5.10 Å². The summed E-state index contributed by atoms with van der Waals surface area (Å²) in [5.74, 6) is -0.0664. The molecule has 0 radical (unpaired) electrons. The van der Waals surface area contributed by atoms with Crippen molar-refractivity contribution in [2.75, 3.05) is 6.54 Å². The van der Waals surface area contributed by atoms with Gasteiger partial charge in [-0.3, -0.25) is 4.79 Å². The second kappa shape index (κ2) is 4.65. The fourth-order valence-corrected chi connectivity index (χ4v) is 1.73. The zero-order chi connectivity index (χ0) is 10.7. The molecule has 0 aliphatic heterocycles. The van der Waals surface area contributed by atoms with Crippen molar-refractivity contribution in [1.82, 2.24) is 15.0 Å². The zero-order valence-electron chi connectivity index (χ0n) is 8.20. The lowest BCUT2D eigenvalue weighted by Crippen LogP contribution is -2.18. The van der Waals surface area contributed by atoms with Crippen molar-refractivity contribution in [3.63, 3.8) is 0 Å². The van der Waals surface area contributed by atoms with E-state index in [0.717, 1.165) is 0 Å². The molecule has 1 rings (SSSR count). The summed E-state index contributed by atoms with van der Waals surface area (Å²) >= 11 is 3.19. The zero-order valence-corrected chi connectivity index (χ0v) is 9.78. The Morgan fingerprint density at radius 2 is 2.36 bits per heavy atom. The Morgan fingerprint density at radius 1 is 1.71 bits per heavy atom. The van der Waals surface area contributed by atoms with E-state index in [9.17, 15) is 4.79 Å². The molecule has 0 saturated heterocycles. The number of halogens is 1. The molecule has 14 heavy (non-hydrogen) atoms. The number of hydrogen-bond donors (Lipinski definition) is 1. The van der Waals surface area contributed by atoms with E-state index in [1.165, 1.54) is 4.68 Å². The summed E-state index contributed by atoms with van der Waals surface area (Å²) in [4.78, 5) is 11.9. The van der Waals surface area contributed by atoms with Crippen molar-refractivity contribution in [3.05, 3.63) is 10.3 Å². The molecule has 0 spiro atoms. The number of nitrogens with two attached hydrogens (primary N) is 1. The maximum absolute atomic E-state index is 11.9. The first-order valence-corrected chi connectivity index (χ1v) is 5.16. The summed E-state index contributed by atoms with van der Waals surface area (Å²) in [7, 11) is 1.69. The number of aromatic nitrogens is 3. The van der Waals surface area contributed by atoms with E-state index in [-0.39, 0.29) is 11.7 Å². The third-order valence-corrected chi connectivity index (χ3v) is 2.60. The molecule has 1 aromatic rings. The molecule has 6 heteroatoms. The van der Waals surface area contributed by atoms with E-state index in [2.05, 4.69) is 26.2 Å². The normalized spacial score (nSPS) is 12.9. The van der Waals surface area contributed by atoms with Gasteiger partial charge in [0.2, 0.25) is 0 Å². The van der Waals surface area contributed by atoms with Crippen LogP contribution in [-0.4, -0.2) is 27.3 Å². The molecule has 1 atom stereocenters. The predicted octanol–water partition coefficient (Wildman–Crippen LogP) is 0.745. The smallest absolute Gasteiger partial charge is 0.186 e. The number of carbonyl (C=O) groups is 1. The van der Waals surface area contributed by atoms with Crippen LogP contribution in [0.1, 0.15) is 23.8 Å². The molecule has 0 aliphatic rings. The molecule has 2 N–H and O–H groups in total. The maximum Gasteiger partial charge on any atom is 0.186 e. The van der Waals surface area contributed by atoms with Crippen molar-refractivity contribution in [2.45, 2.75) is 13.3 Å². The highest BCUT2D eigenvalue weighted by Crippen LogP contribution is 2.17. The standard InChI is InChI=1S/C8H13BrN4O/c1-5(3-4-10)7(14)6-8(9)11-12-13(6)2/h5H,3-4,10H2,1-2H3. The molecule has 0 saturated carbocycles. The summed E-state index contributed by atoms with van der Waals surface area (Å²) in [5.41, 5.74) is 5.90. The van der Waals surface area contributed by atoms with Crippen LogP contribution in [0.5, 0.6) is 0 Å². The van der Waals surface area contributed by atoms with Gasteiger partial charge in [-0.1, -0.05) is 12.1 Å². The predicted molar refractivity (Wildman–Crippen MR) is 55.9 cm³/mol. The van der Waals surface area contributed by atoms with E-state index >= 15 is 0 Å². The Hall–Kier alpha value is -0.750. The maximum atomic E-state index is 11.9. The van der Waals surface area contributed by atoms with Crippen LogP contribution in [0.3, 0.4) is 0 Å². The van der Waals surface area contributed by atoms with Gasteiger partial charge in [0.05, 0.1) is 0 Å². The third kappa shape index (κ3) is 2.19. The van der Waals surface area contributed by atoms with E-state index in [0.29, 0.717) is 23.3 Å². The first-order valence-electron chi connectivity index (χ1n) is 4.37. The summed E-state index contributed by atoms with van der Waals surface area (Å²) in [5, 5.41) is 7.50. The average molecular weight is 261 g/mol. The molecule has 1 heterocycles. The minimum Gasteiger partial charge on any atom is -0.330 e. The summed E-state index contributed by atoms with van der Waals surface area (Å²) in [6.45, 7) is 2.37. The molecule has 0 amide bonds. The fourth-order valence-electron chi connectivity index (χ4n) is 1.21. The average Bonchev–Trinajstić information content (AvgIpc) is 2.46. The largest absolute Gasteiger partial charge is 0.330 e. The van der Waals surface area contributed by atoms with E-state index in [4.69, 9.17) is 5.73 Å². The van der Waals surface area contributed by atoms with Crippen molar-refractivity contribution >= 4 is 21.7 Å². The highest BCUT2D eigenvalue weighted by Gasteiger charge is 2.21. The van der Waals surface area contributed by atoms with Crippen LogP contribution in [0, 0.1) is 5.92 Å². The van der Waals surface area contributed by atoms with Crippen molar-refractivity contribution in [2.24, 2.45) is 18.7 Å². The number of aryl methyl sites for hydroxylation is 1. The lowest BCUT2D eigenvalue weighted by Gasteiger charge is -2.08. The molecule has 0 aliphatic carbocycles. The first kappa shape index (κ1) is 11.3. The Labute approximate surface area is 90.8 Å². The molecule has 5 nitrogen and oxygen atoms in total. The number of rotatable bonds is 4. The second-order valence-electron chi connectivity index (χ2n) is 3.20. The SMILES string of the molecule is CC(CCN)C(=O)c1c(Br)nnn1C. The summed E-state index contributed by atoms with van der Waals surface area (Å²) in [6, 6.07) is 0. The Bertz CT molecular complexity index is 317. The molecular weight excluding hydrogens is 248 g/mol. The third-order valence-electron chi connectivity index (χ3n) is 2.07. The highest BCUT2D eigenvalue weighted by molar-refractivity contribution is 9.10. The topological polar surface area (TPSA) is 73.8 Å². The number of carbonyl (C=O) groups excluding carboxylic acids is 1. The van der Waals surface area contributed by atoms with Gasteiger partial charge in [0.25, 0.3) is 0 Å². The van der Waals surface area contributed by atoms with Gasteiger partial charge in [-0.25, -0.2) is 4.68 Å². The Balaban J connectivity index is 2.88. The van der Waals surface area contributed by atoms with Crippen LogP contribution in [-0.2, 0) is 7.05 Å². The lowest BCUT2D eigenvalue weighted by molar-refractivity contribution is 0.0915. The van der Waals surface area contributed by atoms with Crippen LogP contribution in [0.2, 0.25) is 0 Å². The van der Waals surface area contributed by atoms with Crippen molar-refractivity contribution in [3.8, 4) is 0 Å². The van der Waals surface area contributed by atoms with Gasteiger partial charge >= 0.3 is 0 Å². The summed E-state index contributed by atoms with van der Waals surface area (Å²) < 4.78 is 1.97. The quantitative estimate of drug-likeness (QED) is 0.811. The van der Waals surface area contributed by atoms with E-state index in [1.54, 1.807) is 7.05 Å². The van der Waals surface area contributed by atoms with Gasteiger partial charge in [-0.2, -0.15) is 0 Å². The molecular formula is C8H13BrN4O. The lowest BCUT2D eigenvalue weighted by atomic mass is 10.0. The minimum absolute atomic E-state index is 0.0230. The molecule has 0 bridgehead atoms. The van der Waals surface area contributed by atoms with Gasteiger partial charge in [0.15, 0.2) is 10.4 Å². The second-order valence-corrected chi connectivity index (χ2v) is 3.95. The van der Waals surface area contributed by atoms with Crippen LogP contribution >= 0.6 is 15.9 Å². The molecule has 0 fully saturated rings. The molecule has 78 valence electrons. The number of nitrogens with zero attached hydrogens (tertiary/aromatic N) is 3. The van der Waals surface area contributed by atoms with Gasteiger partial charge in [-0.05, 0) is 28.9 Å². The minimum atomic E-state index is -0.0894.